The molecule has 0 heterocycles. The van der Waals surface area contributed by atoms with Crippen molar-refractivity contribution in [3.8, 4) is 5.75 Å². The van der Waals surface area contributed by atoms with Gasteiger partial charge in [0.2, 0.25) is 0 Å². The lowest BCUT2D eigenvalue weighted by Crippen LogP contribution is -2.38. The average molecular weight is 531 g/mol. The summed E-state index contributed by atoms with van der Waals surface area (Å²) in [6.07, 6.45) is 3.83. The molecular formula is C21H30IN3O3S. The van der Waals surface area contributed by atoms with Crippen molar-refractivity contribution in [2.45, 2.75) is 31.1 Å². The maximum atomic E-state index is 11.5. The second kappa shape index (κ2) is 12.7. The SMILES string of the molecule is CCNC(=NCCCc1ccc(O)cc1)NCCc1ccc(S(C)(=O)=O)cc1.I. The van der Waals surface area contributed by atoms with Gasteiger partial charge in [-0.3, -0.25) is 4.99 Å². The number of halogens is 1. The molecule has 0 bridgehead atoms. The summed E-state index contributed by atoms with van der Waals surface area (Å²) in [5, 5.41) is 15.8. The van der Waals surface area contributed by atoms with Crippen molar-refractivity contribution < 1.29 is 13.5 Å². The second-order valence-electron chi connectivity index (χ2n) is 6.62. The first-order valence-corrected chi connectivity index (χ1v) is 11.4. The van der Waals surface area contributed by atoms with E-state index in [2.05, 4.69) is 15.6 Å². The van der Waals surface area contributed by atoms with Gasteiger partial charge in [0, 0.05) is 25.9 Å². The fraction of sp³-hybridized carbons (Fsp3) is 0.381. The van der Waals surface area contributed by atoms with Gasteiger partial charge in [0.1, 0.15) is 5.75 Å². The first-order chi connectivity index (χ1) is 13.4. The third kappa shape index (κ3) is 9.49. The molecule has 0 aliphatic carbocycles. The van der Waals surface area contributed by atoms with Gasteiger partial charge in [0.25, 0.3) is 0 Å². The molecule has 0 saturated carbocycles. The van der Waals surface area contributed by atoms with Crippen molar-refractivity contribution in [3.05, 3.63) is 59.7 Å². The molecule has 0 spiro atoms. The number of phenols is 1. The molecule has 0 radical (unpaired) electrons. The molecule has 6 nitrogen and oxygen atoms in total. The van der Waals surface area contributed by atoms with Crippen LogP contribution < -0.4 is 10.6 Å². The number of aliphatic imine (C=N–C) groups is 1. The van der Waals surface area contributed by atoms with Crippen LogP contribution in [0.4, 0.5) is 0 Å². The smallest absolute Gasteiger partial charge is 0.191 e. The van der Waals surface area contributed by atoms with E-state index in [4.69, 9.17) is 0 Å². The first kappa shape index (κ1) is 25.2. The minimum atomic E-state index is -3.15. The fourth-order valence-electron chi connectivity index (χ4n) is 2.71. The maximum absolute atomic E-state index is 11.5. The molecule has 8 heteroatoms. The molecule has 2 aromatic carbocycles. The summed E-state index contributed by atoms with van der Waals surface area (Å²) in [6, 6.07) is 14.2. The lowest BCUT2D eigenvalue weighted by Gasteiger charge is -2.11. The van der Waals surface area contributed by atoms with Crippen LogP contribution in [0.1, 0.15) is 24.5 Å². The first-order valence-electron chi connectivity index (χ1n) is 9.47. The van der Waals surface area contributed by atoms with Gasteiger partial charge in [-0.15, -0.1) is 24.0 Å². The van der Waals surface area contributed by atoms with Crippen LogP contribution in [0, 0.1) is 0 Å². The van der Waals surface area contributed by atoms with E-state index in [1.165, 1.54) is 11.8 Å². The Morgan fingerprint density at radius 2 is 1.55 bits per heavy atom. The Labute approximate surface area is 190 Å². The third-order valence-electron chi connectivity index (χ3n) is 4.23. The quantitative estimate of drug-likeness (QED) is 0.200. The van der Waals surface area contributed by atoms with Crippen LogP contribution in [0.25, 0.3) is 0 Å². The zero-order valence-electron chi connectivity index (χ0n) is 16.9. The van der Waals surface area contributed by atoms with Gasteiger partial charge in [0.05, 0.1) is 4.90 Å². The highest BCUT2D eigenvalue weighted by atomic mass is 127. The van der Waals surface area contributed by atoms with Crippen molar-refractivity contribution in [1.82, 2.24) is 10.6 Å². The number of nitrogens with zero attached hydrogens (tertiary/aromatic N) is 1. The Morgan fingerprint density at radius 1 is 0.966 bits per heavy atom. The van der Waals surface area contributed by atoms with Crippen molar-refractivity contribution in [3.63, 3.8) is 0 Å². The number of phenolic OH excluding ortho intramolecular Hbond substituents is 1. The summed E-state index contributed by atoms with van der Waals surface area (Å²) in [7, 11) is -3.15. The standard InChI is InChI=1S/C21H29N3O3S.HI/c1-3-22-21(23-15-4-5-17-6-10-19(25)11-7-17)24-16-14-18-8-12-20(13-9-18)28(2,26)27;/h6-13,25H,3-5,14-16H2,1-2H3,(H2,22,23,24);1H. The molecule has 0 amide bonds. The highest BCUT2D eigenvalue weighted by Crippen LogP contribution is 2.11. The van der Waals surface area contributed by atoms with E-state index in [1.54, 1.807) is 24.3 Å². The van der Waals surface area contributed by atoms with Gasteiger partial charge in [-0.05, 0) is 61.6 Å². The molecule has 160 valence electrons. The van der Waals surface area contributed by atoms with Crippen LogP contribution in [0.3, 0.4) is 0 Å². The second-order valence-corrected chi connectivity index (χ2v) is 8.64. The van der Waals surface area contributed by atoms with Gasteiger partial charge in [-0.1, -0.05) is 24.3 Å². The Balaban J connectivity index is 0.00000420. The predicted octanol–water partition coefficient (Wildman–Crippen LogP) is 3.14. The van der Waals surface area contributed by atoms with Gasteiger partial charge in [0.15, 0.2) is 15.8 Å². The van der Waals surface area contributed by atoms with Gasteiger partial charge in [-0.25, -0.2) is 8.42 Å². The number of sulfone groups is 1. The number of hydrogen-bond donors (Lipinski definition) is 3. The molecule has 2 aromatic rings. The molecule has 2 rings (SSSR count). The zero-order chi connectivity index (χ0) is 20.4. The van der Waals surface area contributed by atoms with Crippen LogP contribution >= 0.6 is 24.0 Å². The monoisotopic (exact) mass is 531 g/mol. The summed E-state index contributed by atoms with van der Waals surface area (Å²) in [6.45, 7) is 4.23. The molecule has 0 fully saturated rings. The third-order valence-corrected chi connectivity index (χ3v) is 5.36. The van der Waals surface area contributed by atoms with Gasteiger partial charge < -0.3 is 15.7 Å². The van der Waals surface area contributed by atoms with E-state index >= 15 is 0 Å². The highest BCUT2D eigenvalue weighted by molar-refractivity contribution is 14.0. The predicted molar refractivity (Wildman–Crippen MR) is 129 cm³/mol. The summed E-state index contributed by atoms with van der Waals surface area (Å²) < 4.78 is 23.0. The van der Waals surface area contributed by atoms with E-state index in [0.29, 0.717) is 18.0 Å². The van der Waals surface area contributed by atoms with Crippen LogP contribution in [-0.4, -0.2) is 45.4 Å². The van der Waals surface area contributed by atoms with Gasteiger partial charge >= 0.3 is 0 Å². The molecule has 0 saturated heterocycles. The van der Waals surface area contributed by atoms with Crippen LogP contribution in [0.2, 0.25) is 0 Å². The summed E-state index contributed by atoms with van der Waals surface area (Å²) in [5.74, 6) is 1.06. The van der Waals surface area contributed by atoms with E-state index in [9.17, 15) is 13.5 Å². The molecule has 29 heavy (non-hydrogen) atoms. The van der Waals surface area contributed by atoms with Crippen LogP contribution in [0.5, 0.6) is 5.75 Å². The number of aryl methyl sites for hydroxylation is 1. The number of aromatic hydroxyl groups is 1. The largest absolute Gasteiger partial charge is 0.508 e. The normalized spacial score (nSPS) is 11.6. The van der Waals surface area contributed by atoms with Crippen molar-refractivity contribution in [2.75, 3.05) is 25.9 Å². The van der Waals surface area contributed by atoms with E-state index in [0.717, 1.165) is 37.3 Å². The zero-order valence-corrected chi connectivity index (χ0v) is 20.0. The number of guanidine groups is 1. The van der Waals surface area contributed by atoms with Gasteiger partial charge in [-0.2, -0.15) is 0 Å². The molecule has 0 aliphatic heterocycles. The minimum Gasteiger partial charge on any atom is -0.508 e. The van der Waals surface area contributed by atoms with Crippen LogP contribution in [0.15, 0.2) is 58.4 Å². The Kier molecular flexibility index (Phi) is 11.0. The number of benzene rings is 2. The summed E-state index contributed by atoms with van der Waals surface area (Å²) >= 11 is 0. The molecule has 0 atom stereocenters. The molecular weight excluding hydrogens is 501 g/mol. The topological polar surface area (TPSA) is 90.8 Å². The highest BCUT2D eigenvalue weighted by Gasteiger charge is 2.06. The Morgan fingerprint density at radius 3 is 2.14 bits per heavy atom. The van der Waals surface area contributed by atoms with Crippen molar-refractivity contribution in [1.29, 1.82) is 0 Å². The van der Waals surface area contributed by atoms with E-state index in [-0.39, 0.29) is 29.7 Å². The average Bonchev–Trinajstić information content (AvgIpc) is 2.66. The number of nitrogens with one attached hydrogen (secondary N) is 2. The Hall–Kier alpha value is -1.81. The molecule has 3 N–H and O–H groups in total. The number of hydrogen-bond acceptors (Lipinski definition) is 4. The van der Waals surface area contributed by atoms with Crippen molar-refractivity contribution >= 4 is 39.8 Å². The maximum Gasteiger partial charge on any atom is 0.191 e. The lowest BCUT2D eigenvalue weighted by molar-refractivity contribution is 0.475. The molecule has 0 aliphatic rings. The van der Waals surface area contributed by atoms with Crippen LogP contribution in [-0.2, 0) is 22.7 Å². The van der Waals surface area contributed by atoms with Crippen molar-refractivity contribution in [2.24, 2.45) is 4.99 Å². The fourth-order valence-corrected chi connectivity index (χ4v) is 3.34. The minimum absolute atomic E-state index is 0. The molecule has 0 unspecified atom stereocenters. The lowest BCUT2D eigenvalue weighted by atomic mass is 10.1. The Bertz CT molecular complexity index is 867. The van der Waals surface area contributed by atoms with E-state index < -0.39 is 9.84 Å². The summed E-state index contributed by atoms with van der Waals surface area (Å²) in [5.41, 5.74) is 2.26. The molecule has 0 aromatic heterocycles. The summed E-state index contributed by atoms with van der Waals surface area (Å²) in [4.78, 5) is 4.93. The number of rotatable bonds is 9. The van der Waals surface area contributed by atoms with E-state index in [1.807, 2.05) is 31.2 Å².